The summed E-state index contributed by atoms with van der Waals surface area (Å²) in [5.74, 6) is 1.22. The van der Waals surface area contributed by atoms with E-state index in [0.717, 1.165) is 23.2 Å². The fourth-order valence-electron chi connectivity index (χ4n) is 1.83. The molecule has 0 radical (unpaired) electrons. The molecule has 0 aliphatic carbocycles. The van der Waals surface area contributed by atoms with Crippen LogP contribution < -0.4 is 0 Å². The van der Waals surface area contributed by atoms with Gasteiger partial charge in [0.2, 0.25) is 0 Å². The predicted octanol–water partition coefficient (Wildman–Crippen LogP) is 3.70. The molecule has 0 atom stereocenters. The Kier molecular flexibility index (Phi) is 3.92. The Hall–Kier alpha value is -1.48. The molecule has 0 aliphatic heterocycles. The predicted molar refractivity (Wildman–Crippen MR) is 73.6 cm³/mol. The lowest BCUT2D eigenvalue weighted by Crippen LogP contribution is -2.01. The molecule has 2 heterocycles. The maximum atomic E-state index is 6.07. The van der Waals surface area contributed by atoms with Crippen molar-refractivity contribution in [2.45, 2.75) is 27.2 Å². The second-order valence-corrected chi connectivity index (χ2v) is 5.18. The van der Waals surface area contributed by atoms with E-state index in [1.165, 1.54) is 0 Å². The zero-order valence-electron chi connectivity index (χ0n) is 10.8. The molecule has 0 aliphatic rings. The van der Waals surface area contributed by atoms with Gasteiger partial charge < -0.3 is 0 Å². The lowest BCUT2D eigenvalue weighted by atomic mass is 10.1. The molecule has 94 valence electrons. The minimum atomic E-state index is 0.492. The van der Waals surface area contributed by atoms with Crippen molar-refractivity contribution >= 4 is 11.6 Å². The lowest BCUT2D eigenvalue weighted by molar-refractivity contribution is 0.634. The molecule has 2 aromatic rings. The monoisotopic (exact) mass is 261 g/mol. The van der Waals surface area contributed by atoms with Crippen LogP contribution in [0.2, 0.25) is 5.15 Å². The summed E-state index contributed by atoms with van der Waals surface area (Å²) >= 11 is 6.07. The highest BCUT2D eigenvalue weighted by molar-refractivity contribution is 6.29. The molecule has 0 saturated carbocycles. The molecule has 0 bridgehead atoms. The van der Waals surface area contributed by atoms with Crippen LogP contribution >= 0.6 is 11.6 Å². The van der Waals surface area contributed by atoms with Gasteiger partial charge in [-0.05, 0) is 37.0 Å². The largest absolute Gasteiger partial charge is 0.264 e. The molecule has 0 amide bonds. The number of aryl methyl sites for hydroxylation is 1. The molecule has 4 heteroatoms. The first-order valence-electron chi connectivity index (χ1n) is 6.00. The fraction of sp³-hybridized carbons (Fsp3) is 0.357. The Labute approximate surface area is 112 Å². The van der Waals surface area contributed by atoms with Gasteiger partial charge in [0, 0.05) is 23.7 Å². The van der Waals surface area contributed by atoms with Gasteiger partial charge in [-0.25, -0.2) is 9.97 Å². The first-order valence-corrected chi connectivity index (χ1v) is 6.38. The molecule has 0 unspecified atom stereocenters. The summed E-state index contributed by atoms with van der Waals surface area (Å²) in [6.07, 6.45) is 4.45. The van der Waals surface area contributed by atoms with E-state index in [9.17, 15) is 0 Å². The quantitative estimate of drug-likeness (QED) is 0.791. The Morgan fingerprint density at radius 1 is 1.28 bits per heavy atom. The number of hydrogen-bond acceptors (Lipinski definition) is 3. The molecule has 2 aromatic heterocycles. The maximum Gasteiger partial charge on any atom is 0.161 e. The minimum Gasteiger partial charge on any atom is -0.264 e. The average molecular weight is 262 g/mol. The van der Waals surface area contributed by atoms with Crippen molar-refractivity contribution in [3.8, 4) is 11.4 Å². The van der Waals surface area contributed by atoms with Gasteiger partial charge >= 0.3 is 0 Å². The Morgan fingerprint density at radius 3 is 2.72 bits per heavy atom. The topological polar surface area (TPSA) is 38.7 Å². The highest BCUT2D eigenvalue weighted by atomic mass is 35.5. The first-order chi connectivity index (χ1) is 8.56. The smallest absolute Gasteiger partial charge is 0.161 e. The van der Waals surface area contributed by atoms with Crippen molar-refractivity contribution in [1.82, 2.24) is 15.0 Å². The molecule has 0 N–H and O–H groups in total. The van der Waals surface area contributed by atoms with E-state index >= 15 is 0 Å². The molecular weight excluding hydrogens is 246 g/mol. The van der Waals surface area contributed by atoms with Crippen molar-refractivity contribution in [1.29, 1.82) is 0 Å². The number of halogens is 1. The van der Waals surface area contributed by atoms with E-state index in [-0.39, 0.29) is 0 Å². The minimum absolute atomic E-state index is 0.492. The molecule has 18 heavy (non-hydrogen) atoms. The van der Waals surface area contributed by atoms with Gasteiger partial charge in [0.05, 0.1) is 0 Å². The van der Waals surface area contributed by atoms with Crippen molar-refractivity contribution < 1.29 is 0 Å². The number of aromatic nitrogens is 3. The van der Waals surface area contributed by atoms with Crippen molar-refractivity contribution in [2.24, 2.45) is 5.92 Å². The molecule has 0 saturated heterocycles. The van der Waals surface area contributed by atoms with Crippen LogP contribution in [0.3, 0.4) is 0 Å². The third-order valence-electron chi connectivity index (χ3n) is 2.63. The van der Waals surface area contributed by atoms with Crippen LogP contribution in [0.15, 0.2) is 24.5 Å². The molecule has 3 nitrogen and oxygen atoms in total. The summed E-state index contributed by atoms with van der Waals surface area (Å²) in [4.78, 5) is 13.0. The van der Waals surface area contributed by atoms with Crippen LogP contribution in [0, 0.1) is 12.8 Å². The van der Waals surface area contributed by atoms with Crippen LogP contribution in [-0.2, 0) is 6.42 Å². The van der Waals surface area contributed by atoms with Gasteiger partial charge in [0.25, 0.3) is 0 Å². The number of rotatable bonds is 3. The standard InChI is InChI=1S/C14H16ClN3/c1-9(2)6-11-7-13(15)18-14(17-11)12-4-5-16-8-10(12)3/h4-5,7-9H,6H2,1-3H3. The second kappa shape index (κ2) is 5.44. The van der Waals surface area contributed by atoms with Crippen LogP contribution in [0.1, 0.15) is 25.1 Å². The van der Waals surface area contributed by atoms with Gasteiger partial charge in [0.1, 0.15) is 5.15 Å². The summed E-state index contributed by atoms with van der Waals surface area (Å²) in [5.41, 5.74) is 3.02. The lowest BCUT2D eigenvalue weighted by Gasteiger charge is -2.08. The second-order valence-electron chi connectivity index (χ2n) is 4.79. The van der Waals surface area contributed by atoms with Gasteiger partial charge in [0.15, 0.2) is 5.82 Å². The molecular formula is C14H16ClN3. The summed E-state index contributed by atoms with van der Waals surface area (Å²) < 4.78 is 0. The Balaban J connectivity index is 2.45. The van der Waals surface area contributed by atoms with Gasteiger partial charge in [-0.15, -0.1) is 0 Å². The van der Waals surface area contributed by atoms with E-state index in [4.69, 9.17) is 11.6 Å². The van der Waals surface area contributed by atoms with Crippen LogP contribution in [-0.4, -0.2) is 15.0 Å². The number of nitrogens with zero attached hydrogens (tertiary/aromatic N) is 3. The Bertz CT molecular complexity index is 552. The third kappa shape index (κ3) is 3.05. The van der Waals surface area contributed by atoms with E-state index in [0.29, 0.717) is 16.9 Å². The van der Waals surface area contributed by atoms with Crippen LogP contribution in [0.25, 0.3) is 11.4 Å². The summed E-state index contributed by atoms with van der Waals surface area (Å²) in [5, 5.41) is 0.492. The van der Waals surface area contributed by atoms with Crippen molar-refractivity contribution in [3.05, 3.63) is 40.9 Å². The van der Waals surface area contributed by atoms with Crippen molar-refractivity contribution in [3.63, 3.8) is 0 Å². The average Bonchev–Trinajstić information content (AvgIpc) is 2.27. The van der Waals surface area contributed by atoms with Crippen molar-refractivity contribution in [2.75, 3.05) is 0 Å². The number of pyridine rings is 1. The normalized spacial score (nSPS) is 10.9. The Morgan fingerprint density at radius 2 is 2.06 bits per heavy atom. The zero-order valence-corrected chi connectivity index (χ0v) is 11.6. The number of hydrogen-bond donors (Lipinski definition) is 0. The molecule has 0 spiro atoms. The van der Waals surface area contributed by atoms with Gasteiger partial charge in [-0.3, -0.25) is 4.98 Å². The summed E-state index contributed by atoms with van der Waals surface area (Å²) in [7, 11) is 0. The van der Waals surface area contributed by atoms with Gasteiger partial charge in [-0.2, -0.15) is 0 Å². The van der Waals surface area contributed by atoms with E-state index in [1.54, 1.807) is 6.20 Å². The third-order valence-corrected chi connectivity index (χ3v) is 2.82. The molecule has 0 aromatic carbocycles. The fourth-order valence-corrected chi connectivity index (χ4v) is 2.04. The molecule has 2 rings (SSSR count). The van der Waals surface area contributed by atoms with Gasteiger partial charge in [-0.1, -0.05) is 25.4 Å². The van der Waals surface area contributed by atoms with E-state index in [1.807, 2.05) is 25.3 Å². The molecule has 0 fully saturated rings. The zero-order chi connectivity index (χ0) is 13.1. The summed E-state index contributed by atoms with van der Waals surface area (Å²) in [6, 6.07) is 3.75. The van der Waals surface area contributed by atoms with Crippen LogP contribution in [0.4, 0.5) is 0 Å². The summed E-state index contributed by atoms with van der Waals surface area (Å²) in [6.45, 7) is 6.31. The maximum absolute atomic E-state index is 6.07. The first kappa shape index (κ1) is 13.0. The van der Waals surface area contributed by atoms with E-state index < -0.39 is 0 Å². The van der Waals surface area contributed by atoms with E-state index in [2.05, 4.69) is 28.8 Å². The highest BCUT2D eigenvalue weighted by Gasteiger charge is 2.09. The van der Waals surface area contributed by atoms with Crippen LogP contribution in [0.5, 0.6) is 0 Å². The SMILES string of the molecule is Cc1cnccc1-c1nc(Cl)cc(CC(C)C)n1. The highest BCUT2D eigenvalue weighted by Crippen LogP contribution is 2.21.